The normalized spacial score (nSPS) is 10.5. The Bertz CT molecular complexity index is 1150. The Hall–Kier alpha value is -3.65. The Morgan fingerprint density at radius 3 is 2.62 bits per heavy atom. The van der Waals surface area contributed by atoms with Crippen molar-refractivity contribution in [1.29, 1.82) is 0 Å². The largest absolute Gasteiger partial charge is 0.322 e. The lowest BCUT2D eigenvalue weighted by atomic mass is 10.1. The van der Waals surface area contributed by atoms with Crippen molar-refractivity contribution in [2.24, 2.45) is 0 Å². The van der Waals surface area contributed by atoms with Gasteiger partial charge in [0.2, 0.25) is 0 Å². The minimum atomic E-state index is -0.103. The van der Waals surface area contributed by atoms with Gasteiger partial charge in [0.05, 0.1) is 6.54 Å². The minimum absolute atomic E-state index is 0.103. The van der Waals surface area contributed by atoms with Crippen molar-refractivity contribution in [3.05, 3.63) is 94.3 Å². The Labute approximate surface area is 150 Å². The van der Waals surface area contributed by atoms with Gasteiger partial charge in [0.25, 0.3) is 5.56 Å². The number of pyridine rings is 1. The highest BCUT2D eigenvalue weighted by Gasteiger charge is 2.04. The van der Waals surface area contributed by atoms with Crippen molar-refractivity contribution in [2.75, 3.05) is 0 Å². The first-order valence-electron chi connectivity index (χ1n) is 8.29. The van der Waals surface area contributed by atoms with Crippen LogP contribution in [-0.4, -0.2) is 19.7 Å². The van der Waals surface area contributed by atoms with Crippen molar-refractivity contribution in [2.45, 2.75) is 13.0 Å². The Morgan fingerprint density at radius 2 is 1.81 bits per heavy atom. The van der Waals surface area contributed by atoms with E-state index in [1.165, 1.54) is 5.56 Å². The number of hydrogen-bond donors (Lipinski definition) is 1. The van der Waals surface area contributed by atoms with E-state index >= 15 is 0 Å². The molecule has 5 nitrogen and oxygen atoms in total. The number of aromatic nitrogens is 4. The summed E-state index contributed by atoms with van der Waals surface area (Å²) in [7, 11) is 0. The molecular formula is C21H16N4O. The predicted octanol–water partition coefficient (Wildman–Crippen LogP) is 2.76. The van der Waals surface area contributed by atoms with Crippen LogP contribution in [0.1, 0.15) is 16.7 Å². The molecule has 0 saturated heterocycles. The number of H-pyrrole nitrogens is 1. The number of benzene rings is 2. The Kier molecular flexibility index (Phi) is 4.31. The van der Waals surface area contributed by atoms with Gasteiger partial charge < -0.3 is 9.55 Å². The summed E-state index contributed by atoms with van der Waals surface area (Å²) in [6.45, 7) is 0.433. The molecule has 0 amide bonds. The van der Waals surface area contributed by atoms with Gasteiger partial charge in [-0.25, -0.2) is 0 Å². The number of aromatic amines is 1. The zero-order valence-electron chi connectivity index (χ0n) is 14.0. The lowest BCUT2D eigenvalue weighted by molar-refractivity contribution is 0.785. The predicted molar refractivity (Wildman–Crippen MR) is 101 cm³/mol. The molecule has 0 radical (unpaired) electrons. The number of hydrogen-bond acceptors (Lipinski definition) is 3. The summed E-state index contributed by atoms with van der Waals surface area (Å²) in [4.78, 5) is 15.2. The fourth-order valence-corrected chi connectivity index (χ4v) is 2.79. The van der Waals surface area contributed by atoms with Gasteiger partial charge in [-0.1, -0.05) is 42.2 Å². The third-order valence-corrected chi connectivity index (χ3v) is 4.11. The second kappa shape index (κ2) is 7.08. The van der Waals surface area contributed by atoms with Crippen molar-refractivity contribution in [1.82, 2.24) is 19.7 Å². The molecule has 2 heterocycles. The molecule has 4 rings (SSSR count). The van der Waals surface area contributed by atoms with E-state index in [0.717, 1.165) is 16.5 Å². The lowest BCUT2D eigenvalue weighted by Gasteiger charge is -2.04. The quantitative estimate of drug-likeness (QED) is 0.583. The zero-order valence-corrected chi connectivity index (χ0v) is 14.0. The van der Waals surface area contributed by atoms with Crippen molar-refractivity contribution in [3.63, 3.8) is 0 Å². The average Bonchev–Trinajstić information content (AvgIpc) is 3.17. The SMILES string of the molecule is O=c1[nH]c2ccc(C#CCc3ccccc3)cc2cc1Cn1cnnc1. The highest BCUT2D eigenvalue weighted by Crippen LogP contribution is 2.14. The summed E-state index contributed by atoms with van der Waals surface area (Å²) in [5.74, 6) is 6.40. The first-order chi connectivity index (χ1) is 12.8. The first kappa shape index (κ1) is 15.9. The summed E-state index contributed by atoms with van der Waals surface area (Å²) >= 11 is 0. The first-order valence-corrected chi connectivity index (χ1v) is 8.29. The molecule has 0 unspecified atom stereocenters. The van der Waals surface area contributed by atoms with Crippen LogP contribution in [0.4, 0.5) is 0 Å². The van der Waals surface area contributed by atoms with E-state index in [9.17, 15) is 4.79 Å². The Morgan fingerprint density at radius 1 is 1.00 bits per heavy atom. The molecule has 0 atom stereocenters. The van der Waals surface area contributed by atoms with Crippen molar-refractivity contribution in [3.8, 4) is 11.8 Å². The molecule has 1 N–H and O–H groups in total. The second-order valence-corrected chi connectivity index (χ2v) is 6.02. The Balaban J connectivity index is 1.62. The maximum Gasteiger partial charge on any atom is 0.253 e. The number of nitrogens with one attached hydrogen (secondary N) is 1. The molecule has 0 aliphatic carbocycles. The van der Waals surface area contributed by atoms with Crippen LogP contribution < -0.4 is 5.56 Å². The van der Waals surface area contributed by atoms with Gasteiger partial charge in [0.1, 0.15) is 12.7 Å². The molecule has 0 saturated carbocycles. The maximum atomic E-state index is 12.2. The van der Waals surface area contributed by atoms with Crippen molar-refractivity contribution >= 4 is 10.9 Å². The summed E-state index contributed by atoms with van der Waals surface area (Å²) in [5, 5.41) is 8.49. The molecule has 2 aromatic heterocycles. The molecule has 0 fully saturated rings. The fourth-order valence-electron chi connectivity index (χ4n) is 2.79. The molecule has 0 spiro atoms. The van der Waals surface area contributed by atoms with Gasteiger partial charge in [0.15, 0.2) is 0 Å². The smallest absolute Gasteiger partial charge is 0.253 e. The van der Waals surface area contributed by atoms with Crippen molar-refractivity contribution < 1.29 is 0 Å². The van der Waals surface area contributed by atoms with Gasteiger partial charge >= 0.3 is 0 Å². The van der Waals surface area contributed by atoms with Crippen LogP contribution in [0.5, 0.6) is 0 Å². The third-order valence-electron chi connectivity index (χ3n) is 4.11. The van der Waals surface area contributed by atoms with Gasteiger partial charge in [-0.3, -0.25) is 4.79 Å². The lowest BCUT2D eigenvalue weighted by Crippen LogP contribution is -2.15. The molecule has 126 valence electrons. The van der Waals surface area contributed by atoms with E-state index in [1.807, 2.05) is 42.5 Å². The van der Waals surface area contributed by atoms with E-state index in [2.05, 4.69) is 39.2 Å². The summed E-state index contributed by atoms with van der Waals surface area (Å²) in [6.07, 6.45) is 3.90. The van der Waals surface area contributed by atoms with Crippen LogP contribution in [0.2, 0.25) is 0 Å². The average molecular weight is 340 g/mol. The number of rotatable bonds is 3. The van der Waals surface area contributed by atoms with Gasteiger partial charge in [-0.2, -0.15) is 0 Å². The topological polar surface area (TPSA) is 63.6 Å². The van der Waals surface area contributed by atoms with E-state index in [0.29, 0.717) is 18.5 Å². The highest BCUT2D eigenvalue weighted by atomic mass is 16.1. The van der Waals surface area contributed by atoms with Crippen LogP contribution in [0.15, 0.2) is 72.0 Å². The zero-order chi connectivity index (χ0) is 17.8. The molecule has 5 heteroatoms. The summed E-state index contributed by atoms with van der Waals surface area (Å²) in [6, 6.07) is 17.9. The second-order valence-electron chi connectivity index (χ2n) is 6.02. The van der Waals surface area contributed by atoms with Crippen LogP contribution in [-0.2, 0) is 13.0 Å². The monoisotopic (exact) mass is 340 g/mol. The van der Waals surface area contributed by atoms with Crippen LogP contribution >= 0.6 is 0 Å². The summed E-state index contributed by atoms with van der Waals surface area (Å²) < 4.78 is 1.76. The molecule has 4 aromatic rings. The van der Waals surface area contributed by atoms with Gasteiger partial charge in [0, 0.05) is 23.1 Å². The van der Waals surface area contributed by atoms with E-state index in [4.69, 9.17) is 0 Å². The minimum Gasteiger partial charge on any atom is -0.322 e. The van der Waals surface area contributed by atoms with E-state index in [1.54, 1.807) is 17.2 Å². The molecule has 2 aromatic carbocycles. The molecule has 0 bridgehead atoms. The maximum absolute atomic E-state index is 12.2. The molecular weight excluding hydrogens is 324 g/mol. The molecule has 0 aliphatic rings. The summed E-state index contributed by atoms with van der Waals surface area (Å²) in [5.41, 5.74) is 3.48. The highest BCUT2D eigenvalue weighted by molar-refractivity contribution is 5.80. The van der Waals surface area contributed by atoms with Crippen LogP contribution in [0.25, 0.3) is 10.9 Å². The standard InChI is InChI=1S/C21H16N4O/c26-21-19(13-25-14-22-23-15-25)12-18-11-17(9-10-20(18)24-21)8-4-7-16-5-2-1-3-6-16/h1-3,5-6,9-12,14-15H,7,13H2,(H,24,26). The fraction of sp³-hybridized carbons (Fsp3) is 0.0952. The number of nitrogens with zero attached hydrogens (tertiary/aromatic N) is 3. The van der Waals surface area contributed by atoms with E-state index < -0.39 is 0 Å². The van der Waals surface area contributed by atoms with Crippen LogP contribution in [0.3, 0.4) is 0 Å². The molecule has 0 aliphatic heterocycles. The number of fused-ring (bicyclic) bond motifs is 1. The van der Waals surface area contributed by atoms with E-state index in [-0.39, 0.29) is 5.56 Å². The van der Waals surface area contributed by atoms with Crippen LogP contribution in [0, 0.1) is 11.8 Å². The third kappa shape index (κ3) is 3.55. The van der Waals surface area contributed by atoms with Gasteiger partial charge in [-0.15, -0.1) is 10.2 Å². The van der Waals surface area contributed by atoms with Gasteiger partial charge in [-0.05, 0) is 35.2 Å². The molecule has 26 heavy (non-hydrogen) atoms.